The van der Waals surface area contributed by atoms with Crippen molar-refractivity contribution >= 4 is 23.2 Å². The molecule has 0 fully saturated rings. The van der Waals surface area contributed by atoms with Crippen LogP contribution in [0.5, 0.6) is 0 Å². The molecule has 1 aromatic heterocycles. The lowest BCUT2D eigenvalue weighted by Crippen LogP contribution is -2.31. The van der Waals surface area contributed by atoms with Crippen LogP contribution in [0.1, 0.15) is 49.8 Å². The summed E-state index contributed by atoms with van der Waals surface area (Å²) in [5, 5.41) is 1.50. The van der Waals surface area contributed by atoms with Gasteiger partial charge < -0.3 is 0 Å². The second-order valence-electron chi connectivity index (χ2n) is 6.66. The first-order chi connectivity index (χ1) is 12.7. The first kappa shape index (κ1) is 19.0. The number of aromatic nitrogens is 2. The van der Waals surface area contributed by atoms with Crippen LogP contribution in [-0.2, 0) is 6.54 Å². The van der Waals surface area contributed by atoms with Gasteiger partial charge in [0.05, 0.1) is 6.54 Å². The smallest absolute Gasteiger partial charge is 0.237 e. The molecular formula is C22H25Cl2N2+. The van der Waals surface area contributed by atoms with E-state index in [1.165, 1.54) is 36.8 Å². The summed E-state index contributed by atoms with van der Waals surface area (Å²) < 4.78 is 4.53. The molecule has 0 atom stereocenters. The predicted octanol–water partition coefficient (Wildman–Crippen LogP) is 6.30. The van der Waals surface area contributed by atoms with Crippen LogP contribution in [0, 0.1) is 0 Å². The number of hydrogen-bond acceptors (Lipinski definition) is 0. The van der Waals surface area contributed by atoms with Crippen molar-refractivity contribution in [3.05, 3.63) is 88.4 Å². The zero-order valence-corrected chi connectivity index (χ0v) is 16.6. The van der Waals surface area contributed by atoms with Crippen molar-refractivity contribution in [3.8, 4) is 0 Å². The Kier molecular flexibility index (Phi) is 6.76. The quantitative estimate of drug-likeness (QED) is 0.316. The summed E-state index contributed by atoms with van der Waals surface area (Å²) in [4.78, 5) is 0. The van der Waals surface area contributed by atoms with Crippen LogP contribution < -0.4 is 4.57 Å². The third-order valence-corrected chi connectivity index (χ3v) is 5.16. The Morgan fingerprint density at radius 2 is 1.42 bits per heavy atom. The average molecular weight is 388 g/mol. The average Bonchev–Trinajstić information content (AvgIpc) is 3.11. The predicted molar refractivity (Wildman–Crippen MR) is 109 cm³/mol. The number of rotatable bonds is 8. The molecule has 2 nitrogen and oxygen atoms in total. The fourth-order valence-electron chi connectivity index (χ4n) is 3.24. The maximum Gasteiger partial charge on any atom is 0.244 e. The minimum atomic E-state index is 0.0985. The number of unbranched alkanes of at least 4 members (excludes halogenated alkanes) is 3. The highest BCUT2D eigenvalue weighted by atomic mass is 35.5. The molecule has 0 bridgehead atoms. The molecule has 136 valence electrons. The van der Waals surface area contributed by atoms with Crippen LogP contribution in [0.2, 0.25) is 10.0 Å². The molecule has 3 aromatic rings. The Labute approximate surface area is 166 Å². The molecule has 0 saturated carbocycles. The lowest BCUT2D eigenvalue weighted by Gasteiger charge is -2.15. The zero-order chi connectivity index (χ0) is 18.4. The molecule has 0 N–H and O–H groups in total. The van der Waals surface area contributed by atoms with Gasteiger partial charge in [-0.05, 0) is 37.1 Å². The zero-order valence-electron chi connectivity index (χ0n) is 15.1. The molecule has 0 aliphatic carbocycles. The van der Waals surface area contributed by atoms with E-state index in [2.05, 4.69) is 59.0 Å². The summed E-state index contributed by atoms with van der Waals surface area (Å²) in [6.07, 6.45) is 11.6. The van der Waals surface area contributed by atoms with Crippen molar-refractivity contribution in [1.29, 1.82) is 0 Å². The minimum Gasteiger partial charge on any atom is -0.237 e. The van der Waals surface area contributed by atoms with Gasteiger partial charge in [0.2, 0.25) is 6.33 Å². The van der Waals surface area contributed by atoms with Gasteiger partial charge in [-0.3, -0.25) is 0 Å². The third-order valence-electron chi connectivity index (χ3n) is 4.65. The molecule has 0 spiro atoms. The number of aryl methyl sites for hydroxylation is 1. The maximum atomic E-state index is 6.09. The van der Waals surface area contributed by atoms with E-state index in [-0.39, 0.29) is 6.04 Å². The summed E-state index contributed by atoms with van der Waals surface area (Å²) in [6.45, 7) is 3.30. The molecule has 0 radical (unpaired) electrons. The maximum absolute atomic E-state index is 6.09. The van der Waals surface area contributed by atoms with Gasteiger partial charge >= 0.3 is 0 Å². The SMILES string of the molecule is CCCCCC[n+]1ccn(C(c2ccc(Cl)cc2)c2ccc(Cl)cc2)c1. The number of halogens is 2. The Morgan fingerprint density at radius 3 is 1.96 bits per heavy atom. The Morgan fingerprint density at radius 1 is 0.846 bits per heavy atom. The first-order valence-corrected chi connectivity index (χ1v) is 10.0. The van der Waals surface area contributed by atoms with Gasteiger partial charge in [0.1, 0.15) is 12.4 Å². The molecule has 0 amide bonds. The lowest BCUT2D eigenvalue weighted by molar-refractivity contribution is -0.697. The second-order valence-corrected chi connectivity index (χ2v) is 7.54. The molecule has 4 heteroatoms. The summed E-state index contributed by atoms with van der Waals surface area (Å²) in [6, 6.07) is 16.2. The van der Waals surface area contributed by atoms with Crippen molar-refractivity contribution in [2.24, 2.45) is 0 Å². The molecule has 1 heterocycles. The van der Waals surface area contributed by atoms with Crippen molar-refractivity contribution in [1.82, 2.24) is 4.57 Å². The molecule has 3 rings (SSSR count). The van der Waals surface area contributed by atoms with Crippen molar-refractivity contribution in [2.45, 2.75) is 45.2 Å². The van der Waals surface area contributed by atoms with Gasteiger partial charge in [-0.1, -0.05) is 67.2 Å². The van der Waals surface area contributed by atoms with Crippen LogP contribution in [0.3, 0.4) is 0 Å². The topological polar surface area (TPSA) is 8.81 Å². The van der Waals surface area contributed by atoms with Crippen LogP contribution in [0.25, 0.3) is 0 Å². The summed E-state index contributed by atoms with van der Waals surface area (Å²) in [5.41, 5.74) is 2.40. The molecule has 0 saturated heterocycles. The van der Waals surface area contributed by atoms with Crippen LogP contribution in [-0.4, -0.2) is 4.57 Å². The standard InChI is InChI=1S/C22H25Cl2N2/c1-2-3-4-5-14-25-15-16-26(17-25)22(18-6-10-20(23)11-7-18)19-8-12-21(24)13-9-19/h6-13,15-17,22H,2-5,14H2,1H3/q+1. The van der Waals surface area contributed by atoms with Crippen LogP contribution in [0.4, 0.5) is 0 Å². The van der Waals surface area contributed by atoms with E-state index in [0.717, 1.165) is 16.6 Å². The van der Waals surface area contributed by atoms with Gasteiger partial charge in [-0.15, -0.1) is 0 Å². The van der Waals surface area contributed by atoms with Crippen LogP contribution >= 0.6 is 23.2 Å². The van der Waals surface area contributed by atoms with Crippen molar-refractivity contribution in [2.75, 3.05) is 0 Å². The third kappa shape index (κ3) is 4.90. The van der Waals surface area contributed by atoms with E-state index in [4.69, 9.17) is 23.2 Å². The Bertz CT molecular complexity index is 761. The highest BCUT2D eigenvalue weighted by molar-refractivity contribution is 6.30. The molecule has 2 aromatic carbocycles. The van der Waals surface area contributed by atoms with E-state index in [1.54, 1.807) is 0 Å². The first-order valence-electron chi connectivity index (χ1n) is 9.25. The molecule has 26 heavy (non-hydrogen) atoms. The van der Waals surface area contributed by atoms with E-state index in [1.807, 2.05) is 24.3 Å². The largest absolute Gasteiger partial charge is 0.244 e. The fraction of sp³-hybridized carbons (Fsp3) is 0.318. The van der Waals surface area contributed by atoms with E-state index in [0.29, 0.717) is 0 Å². The normalized spacial score (nSPS) is 11.2. The van der Waals surface area contributed by atoms with Gasteiger partial charge in [0, 0.05) is 21.2 Å². The molecule has 0 aliphatic rings. The van der Waals surface area contributed by atoms with Crippen LogP contribution in [0.15, 0.2) is 67.3 Å². The van der Waals surface area contributed by atoms with Gasteiger partial charge in [-0.25, -0.2) is 9.13 Å². The monoisotopic (exact) mass is 387 g/mol. The van der Waals surface area contributed by atoms with Crippen molar-refractivity contribution in [3.63, 3.8) is 0 Å². The van der Waals surface area contributed by atoms with E-state index in [9.17, 15) is 0 Å². The lowest BCUT2D eigenvalue weighted by atomic mass is 9.98. The highest BCUT2D eigenvalue weighted by Crippen LogP contribution is 2.28. The molecule has 0 aliphatic heterocycles. The molecular weight excluding hydrogens is 363 g/mol. The summed E-state index contributed by atoms with van der Waals surface area (Å²) in [5.74, 6) is 0. The number of hydrogen-bond donors (Lipinski definition) is 0. The van der Waals surface area contributed by atoms with Gasteiger partial charge in [0.15, 0.2) is 6.04 Å². The van der Waals surface area contributed by atoms with Crippen molar-refractivity contribution < 1.29 is 4.57 Å². The summed E-state index contributed by atoms with van der Waals surface area (Å²) in [7, 11) is 0. The number of benzene rings is 2. The van der Waals surface area contributed by atoms with Gasteiger partial charge in [-0.2, -0.15) is 0 Å². The van der Waals surface area contributed by atoms with Gasteiger partial charge in [0.25, 0.3) is 0 Å². The fourth-order valence-corrected chi connectivity index (χ4v) is 3.50. The molecule has 0 unspecified atom stereocenters. The second kappa shape index (κ2) is 9.25. The highest BCUT2D eigenvalue weighted by Gasteiger charge is 2.21. The van der Waals surface area contributed by atoms with E-state index >= 15 is 0 Å². The Balaban J connectivity index is 1.87. The Hall–Kier alpha value is -1.77. The summed E-state index contributed by atoms with van der Waals surface area (Å²) >= 11 is 12.2. The number of nitrogens with zero attached hydrogens (tertiary/aromatic N) is 2. The number of imidazole rings is 1. The minimum absolute atomic E-state index is 0.0985. The van der Waals surface area contributed by atoms with E-state index < -0.39 is 0 Å².